The normalized spacial score (nSPS) is 17.0. The lowest BCUT2D eigenvalue weighted by molar-refractivity contribution is 0.0904. The van der Waals surface area contributed by atoms with Crippen molar-refractivity contribution in [3.05, 3.63) is 0 Å². The Morgan fingerprint density at radius 1 is 1.14 bits per heavy atom. The average Bonchev–Trinajstić information content (AvgIpc) is 2.67. The predicted molar refractivity (Wildman–Crippen MR) is 116 cm³/mol. The second kappa shape index (κ2) is 13.3. The van der Waals surface area contributed by atoms with Crippen molar-refractivity contribution < 1.29 is 13.2 Å². The van der Waals surface area contributed by atoms with Crippen LogP contribution in [0.4, 0.5) is 0 Å². The summed E-state index contributed by atoms with van der Waals surface area (Å²) in [6.07, 6.45) is 2.31. The van der Waals surface area contributed by atoms with Gasteiger partial charge >= 0.3 is 0 Å². The first-order valence-electron chi connectivity index (χ1n) is 10.6. The minimum atomic E-state index is -3.26. The second-order valence-corrected chi connectivity index (χ2v) is 9.42. The Balaban J connectivity index is 2.34. The number of aliphatic imine (C=N–C) groups is 1. The molecule has 0 aromatic carbocycles. The van der Waals surface area contributed by atoms with Gasteiger partial charge in [-0.05, 0) is 46.3 Å². The molecule has 1 rings (SSSR count). The van der Waals surface area contributed by atoms with E-state index in [9.17, 15) is 8.42 Å². The molecule has 0 radical (unpaired) electrons. The van der Waals surface area contributed by atoms with Gasteiger partial charge < -0.3 is 19.9 Å². The fourth-order valence-corrected chi connectivity index (χ4v) is 4.51. The van der Waals surface area contributed by atoms with Crippen LogP contribution in [0, 0.1) is 0 Å². The van der Waals surface area contributed by atoms with Gasteiger partial charge in [0.25, 0.3) is 0 Å². The Bertz CT molecular complexity index is 542. The minimum Gasteiger partial charge on any atom is -0.378 e. The van der Waals surface area contributed by atoms with E-state index in [1.54, 1.807) is 11.4 Å². The van der Waals surface area contributed by atoms with E-state index < -0.39 is 10.0 Å². The van der Waals surface area contributed by atoms with Crippen LogP contribution < -0.4 is 5.32 Å². The Morgan fingerprint density at radius 3 is 2.32 bits per heavy atom. The lowest BCUT2D eigenvalue weighted by Gasteiger charge is -2.35. The van der Waals surface area contributed by atoms with E-state index in [-0.39, 0.29) is 18.5 Å². The summed E-state index contributed by atoms with van der Waals surface area (Å²) in [7, 11) is -1.47. The summed E-state index contributed by atoms with van der Waals surface area (Å²) in [5.74, 6) is 0.910. The summed E-state index contributed by atoms with van der Waals surface area (Å²) in [6, 6.07) is 0. The molecule has 0 unspecified atom stereocenters. The van der Waals surface area contributed by atoms with Crippen molar-refractivity contribution in [2.45, 2.75) is 46.6 Å². The van der Waals surface area contributed by atoms with Crippen LogP contribution in [-0.2, 0) is 14.8 Å². The molecular weight excluding hydrogens is 378 g/mol. The van der Waals surface area contributed by atoms with Gasteiger partial charge in [0.15, 0.2) is 5.96 Å². The van der Waals surface area contributed by atoms with Crippen molar-refractivity contribution in [3.63, 3.8) is 0 Å². The Morgan fingerprint density at radius 2 is 1.79 bits per heavy atom. The average molecular weight is 420 g/mol. The minimum absolute atomic E-state index is 0.0463. The first kappa shape index (κ1) is 25.1. The number of hydrogen-bond acceptors (Lipinski definition) is 5. The molecule has 0 bridgehead atoms. The van der Waals surface area contributed by atoms with Gasteiger partial charge in [-0.25, -0.2) is 8.42 Å². The topological polar surface area (TPSA) is 77.5 Å². The molecule has 166 valence electrons. The monoisotopic (exact) mass is 419 g/mol. The third-order valence-electron chi connectivity index (χ3n) is 5.01. The molecule has 0 aromatic heterocycles. The molecule has 0 aromatic rings. The largest absolute Gasteiger partial charge is 0.378 e. The van der Waals surface area contributed by atoms with Crippen LogP contribution in [-0.4, -0.2) is 106 Å². The zero-order valence-electron chi connectivity index (χ0n) is 18.5. The van der Waals surface area contributed by atoms with E-state index in [1.165, 1.54) is 0 Å². The molecule has 0 atom stereocenters. The summed E-state index contributed by atoms with van der Waals surface area (Å²) < 4.78 is 31.8. The highest BCUT2D eigenvalue weighted by Gasteiger charge is 2.27. The highest BCUT2D eigenvalue weighted by atomic mass is 32.2. The predicted octanol–water partition coefficient (Wildman–Crippen LogP) is 1.06. The molecule has 1 heterocycles. The fraction of sp³-hybridized carbons (Fsp3) is 0.947. The van der Waals surface area contributed by atoms with Crippen molar-refractivity contribution >= 4 is 16.0 Å². The maximum atomic E-state index is 12.4. The van der Waals surface area contributed by atoms with E-state index in [0.29, 0.717) is 26.2 Å². The van der Waals surface area contributed by atoms with Crippen molar-refractivity contribution in [3.8, 4) is 0 Å². The number of ether oxygens (including phenoxy) is 1. The van der Waals surface area contributed by atoms with Gasteiger partial charge in [0, 0.05) is 39.8 Å². The summed E-state index contributed by atoms with van der Waals surface area (Å²) in [6.45, 7) is 15.0. The Kier molecular flexibility index (Phi) is 12.0. The number of nitrogens with zero attached hydrogens (tertiary/aromatic N) is 4. The van der Waals surface area contributed by atoms with E-state index >= 15 is 0 Å². The summed E-state index contributed by atoms with van der Waals surface area (Å²) >= 11 is 0. The molecule has 1 aliphatic heterocycles. The van der Waals surface area contributed by atoms with Gasteiger partial charge in [-0.3, -0.25) is 4.99 Å². The van der Waals surface area contributed by atoms with Gasteiger partial charge in [-0.1, -0.05) is 13.8 Å². The van der Waals surface area contributed by atoms with Crippen LogP contribution in [0.1, 0.15) is 40.5 Å². The Hall–Kier alpha value is -0.900. The van der Waals surface area contributed by atoms with Crippen molar-refractivity contribution in [2.75, 3.05) is 71.8 Å². The van der Waals surface area contributed by atoms with E-state index in [1.807, 2.05) is 13.8 Å². The molecule has 8 nitrogen and oxygen atoms in total. The van der Waals surface area contributed by atoms with Crippen molar-refractivity contribution in [2.24, 2.45) is 4.99 Å². The highest BCUT2D eigenvalue weighted by molar-refractivity contribution is 7.89. The molecule has 9 heteroatoms. The molecule has 0 aliphatic carbocycles. The second-order valence-electron chi connectivity index (χ2n) is 7.33. The molecule has 0 saturated carbocycles. The standard InChI is InChI=1S/C19H41N5O3S/c1-6-22(7-2)11-9-8-10-21-19(20-5)23-12-14-24(15-13-23)28(25,26)17-16-27-18(3)4/h18H,6-17H2,1-5H3,(H,20,21). The molecule has 0 amide bonds. The van der Waals surface area contributed by atoms with Crippen LogP contribution in [0.3, 0.4) is 0 Å². The smallest absolute Gasteiger partial charge is 0.216 e. The molecule has 0 spiro atoms. The number of unbranched alkanes of at least 4 members (excludes halogenated alkanes) is 1. The van der Waals surface area contributed by atoms with Crippen LogP contribution in [0.15, 0.2) is 4.99 Å². The molecule has 1 N–H and O–H groups in total. The number of piperazine rings is 1. The summed E-state index contributed by atoms with van der Waals surface area (Å²) in [4.78, 5) is 8.94. The van der Waals surface area contributed by atoms with E-state index in [0.717, 1.165) is 45.0 Å². The molecular formula is C19H41N5O3S. The molecule has 1 saturated heterocycles. The maximum absolute atomic E-state index is 12.4. The van der Waals surface area contributed by atoms with Crippen molar-refractivity contribution in [1.29, 1.82) is 0 Å². The number of nitrogens with one attached hydrogen (secondary N) is 1. The van der Waals surface area contributed by atoms with Gasteiger partial charge in [0.05, 0.1) is 18.5 Å². The van der Waals surface area contributed by atoms with E-state index in [2.05, 4.69) is 34.0 Å². The zero-order chi connectivity index (χ0) is 21.0. The molecule has 1 fully saturated rings. The van der Waals surface area contributed by atoms with Crippen LogP contribution in [0.5, 0.6) is 0 Å². The number of guanidine groups is 1. The van der Waals surface area contributed by atoms with Crippen LogP contribution in [0.2, 0.25) is 0 Å². The quantitative estimate of drug-likeness (QED) is 0.290. The highest BCUT2D eigenvalue weighted by Crippen LogP contribution is 2.09. The number of rotatable bonds is 12. The lowest BCUT2D eigenvalue weighted by atomic mass is 10.3. The van der Waals surface area contributed by atoms with Crippen molar-refractivity contribution in [1.82, 2.24) is 19.4 Å². The first-order chi connectivity index (χ1) is 13.3. The first-order valence-corrected chi connectivity index (χ1v) is 12.2. The fourth-order valence-electron chi connectivity index (χ4n) is 3.23. The van der Waals surface area contributed by atoms with Gasteiger partial charge in [0.1, 0.15) is 0 Å². The Labute approximate surface area is 172 Å². The SMILES string of the molecule is CCN(CC)CCCCNC(=NC)N1CCN(S(=O)(=O)CCOC(C)C)CC1. The zero-order valence-corrected chi connectivity index (χ0v) is 19.3. The van der Waals surface area contributed by atoms with Gasteiger partial charge in [-0.2, -0.15) is 4.31 Å². The van der Waals surface area contributed by atoms with Gasteiger partial charge in [-0.15, -0.1) is 0 Å². The summed E-state index contributed by atoms with van der Waals surface area (Å²) in [5, 5.41) is 3.42. The summed E-state index contributed by atoms with van der Waals surface area (Å²) in [5.41, 5.74) is 0. The van der Waals surface area contributed by atoms with Gasteiger partial charge in [0.2, 0.25) is 10.0 Å². The molecule has 1 aliphatic rings. The third kappa shape index (κ3) is 9.07. The van der Waals surface area contributed by atoms with Crippen LogP contribution in [0.25, 0.3) is 0 Å². The molecule has 28 heavy (non-hydrogen) atoms. The number of hydrogen-bond donors (Lipinski definition) is 1. The van der Waals surface area contributed by atoms with Crippen LogP contribution >= 0.6 is 0 Å². The maximum Gasteiger partial charge on any atom is 0.216 e. The third-order valence-corrected chi connectivity index (χ3v) is 6.85. The lowest BCUT2D eigenvalue weighted by Crippen LogP contribution is -2.54. The van der Waals surface area contributed by atoms with E-state index in [4.69, 9.17) is 4.74 Å². The number of sulfonamides is 1.